The number of methoxy groups -OCH3 is 1. The van der Waals surface area contributed by atoms with E-state index in [4.69, 9.17) is 14.7 Å². The van der Waals surface area contributed by atoms with Gasteiger partial charge in [0.2, 0.25) is 0 Å². The zero-order valence-electron chi connectivity index (χ0n) is 16.5. The summed E-state index contributed by atoms with van der Waals surface area (Å²) in [5.41, 5.74) is 2.72. The van der Waals surface area contributed by atoms with Crippen molar-refractivity contribution in [1.82, 2.24) is 5.48 Å². The fourth-order valence-corrected chi connectivity index (χ4v) is 3.72. The number of amides is 2. The first-order chi connectivity index (χ1) is 13.6. The molecule has 2 N–H and O–H groups in total. The van der Waals surface area contributed by atoms with Crippen molar-refractivity contribution >= 4 is 27.5 Å². The van der Waals surface area contributed by atoms with Crippen LogP contribution in [-0.2, 0) is 24.1 Å². The number of nitrogens with one attached hydrogen (secondary N) is 1. The number of hydroxylamine groups is 1. The second-order valence-electron chi connectivity index (χ2n) is 6.86. The molecule has 0 bridgehead atoms. The first-order valence-electron chi connectivity index (χ1n) is 8.82. The Kier molecular flexibility index (Phi) is 7.24. The first-order valence-corrected chi connectivity index (χ1v) is 10.7. The number of ether oxygens (including phenoxy) is 2. The Balaban J connectivity index is 2.11. The van der Waals surface area contributed by atoms with E-state index in [9.17, 15) is 18.0 Å². The number of carbonyl (C=O) groups excluding carboxylic acids is 2. The van der Waals surface area contributed by atoms with Gasteiger partial charge in [-0.1, -0.05) is 11.8 Å². The van der Waals surface area contributed by atoms with Crippen molar-refractivity contribution in [2.24, 2.45) is 0 Å². The quantitative estimate of drug-likeness (QED) is 0.291. The SMILES string of the molecule is COCCC#Cc1ccc(N2C[C@H](C[C@](C)(C(=O)NO)S(C)(=O)=O)OC2=O)cc1. The van der Waals surface area contributed by atoms with Crippen LogP contribution in [0.4, 0.5) is 10.5 Å². The zero-order chi connectivity index (χ0) is 21.7. The minimum Gasteiger partial charge on any atom is -0.444 e. The van der Waals surface area contributed by atoms with Gasteiger partial charge in [-0.05, 0) is 31.2 Å². The molecule has 10 heteroatoms. The van der Waals surface area contributed by atoms with E-state index in [1.54, 1.807) is 31.4 Å². The molecule has 158 valence electrons. The number of nitrogens with zero attached hydrogens (tertiary/aromatic N) is 1. The number of anilines is 1. The van der Waals surface area contributed by atoms with E-state index in [0.717, 1.165) is 11.8 Å². The van der Waals surface area contributed by atoms with Crippen LogP contribution >= 0.6 is 0 Å². The smallest absolute Gasteiger partial charge is 0.414 e. The van der Waals surface area contributed by atoms with E-state index >= 15 is 0 Å². The van der Waals surface area contributed by atoms with Gasteiger partial charge < -0.3 is 9.47 Å². The number of hydrogen-bond acceptors (Lipinski definition) is 7. The normalized spacial score (nSPS) is 18.4. The third-order valence-electron chi connectivity index (χ3n) is 4.73. The van der Waals surface area contributed by atoms with Crippen molar-refractivity contribution in [3.8, 4) is 11.8 Å². The predicted molar refractivity (Wildman–Crippen MR) is 105 cm³/mol. The number of cyclic esters (lactones) is 1. The van der Waals surface area contributed by atoms with Crippen molar-refractivity contribution in [2.45, 2.75) is 30.6 Å². The molecule has 1 heterocycles. The summed E-state index contributed by atoms with van der Waals surface area (Å²) >= 11 is 0. The molecule has 9 nitrogen and oxygen atoms in total. The highest BCUT2D eigenvalue weighted by Crippen LogP contribution is 2.30. The van der Waals surface area contributed by atoms with Crippen molar-refractivity contribution < 1.29 is 32.7 Å². The van der Waals surface area contributed by atoms with Gasteiger partial charge in [0.05, 0.1) is 13.2 Å². The van der Waals surface area contributed by atoms with Crippen molar-refractivity contribution in [3.05, 3.63) is 29.8 Å². The summed E-state index contributed by atoms with van der Waals surface area (Å²) in [7, 11) is -2.28. The van der Waals surface area contributed by atoms with E-state index in [1.807, 2.05) is 0 Å². The molecule has 2 atom stereocenters. The Labute approximate surface area is 169 Å². The minimum atomic E-state index is -3.89. The summed E-state index contributed by atoms with van der Waals surface area (Å²) in [6, 6.07) is 6.94. The fraction of sp³-hybridized carbons (Fsp3) is 0.474. The van der Waals surface area contributed by atoms with Crippen LogP contribution in [0.25, 0.3) is 0 Å². The Morgan fingerprint density at radius 1 is 1.41 bits per heavy atom. The van der Waals surface area contributed by atoms with E-state index in [0.29, 0.717) is 18.7 Å². The Morgan fingerprint density at radius 3 is 2.62 bits per heavy atom. The van der Waals surface area contributed by atoms with Gasteiger partial charge in [0, 0.05) is 37.5 Å². The third kappa shape index (κ3) is 5.26. The molecule has 1 fully saturated rings. The second-order valence-corrected chi connectivity index (χ2v) is 9.30. The molecular weight excluding hydrogens is 400 g/mol. The monoisotopic (exact) mass is 424 g/mol. The Hall–Kier alpha value is -2.61. The minimum absolute atomic E-state index is 0.0709. The Morgan fingerprint density at radius 2 is 2.07 bits per heavy atom. The highest BCUT2D eigenvalue weighted by atomic mass is 32.2. The number of hydrogen-bond donors (Lipinski definition) is 2. The van der Waals surface area contributed by atoms with E-state index in [2.05, 4.69) is 11.8 Å². The summed E-state index contributed by atoms with van der Waals surface area (Å²) in [5.74, 6) is 4.87. The average molecular weight is 424 g/mol. The van der Waals surface area contributed by atoms with Crippen LogP contribution in [0.3, 0.4) is 0 Å². The van der Waals surface area contributed by atoms with Gasteiger partial charge in [0.25, 0.3) is 5.91 Å². The van der Waals surface area contributed by atoms with Gasteiger partial charge in [-0.3, -0.25) is 14.9 Å². The molecular formula is C19H24N2O7S. The van der Waals surface area contributed by atoms with E-state index in [-0.39, 0.29) is 13.0 Å². The van der Waals surface area contributed by atoms with Crippen LogP contribution in [0, 0.1) is 11.8 Å². The molecule has 0 spiro atoms. The van der Waals surface area contributed by atoms with Gasteiger partial charge in [0.1, 0.15) is 6.10 Å². The molecule has 2 rings (SSSR count). The molecule has 0 saturated carbocycles. The van der Waals surface area contributed by atoms with Crippen LogP contribution in [0.5, 0.6) is 0 Å². The maximum atomic E-state index is 12.3. The van der Waals surface area contributed by atoms with Crippen molar-refractivity contribution in [2.75, 3.05) is 31.4 Å². The largest absolute Gasteiger partial charge is 0.444 e. The number of rotatable bonds is 7. The molecule has 29 heavy (non-hydrogen) atoms. The molecule has 1 aromatic carbocycles. The molecule has 1 aliphatic rings. The summed E-state index contributed by atoms with van der Waals surface area (Å²) in [6.45, 7) is 1.80. The predicted octanol–water partition coefficient (Wildman–Crippen LogP) is 1.10. The van der Waals surface area contributed by atoms with Crippen LogP contribution < -0.4 is 10.4 Å². The lowest BCUT2D eigenvalue weighted by molar-refractivity contribution is -0.132. The standard InChI is InChI=1S/C19H24N2O7S/c1-19(17(22)20-24,29(3,25)26)12-16-13-21(18(23)28-16)15-9-7-14(8-10-15)6-4-5-11-27-2/h7-10,16,24H,5,11-13H2,1-3H3,(H,20,22)/t16-,19+/m0/s1. The van der Waals surface area contributed by atoms with Crippen LogP contribution in [0.15, 0.2) is 24.3 Å². The first kappa shape index (κ1) is 22.7. The number of carbonyl (C=O) groups is 2. The Bertz CT molecular complexity index is 918. The third-order valence-corrected chi connectivity index (χ3v) is 6.72. The molecule has 2 amide bonds. The van der Waals surface area contributed by atoms with Crippen molar-refractivity contribution in [1.29, 1.82) is 0 Å². The highest BCUT2D eigenvalue weighted by Gasteiger charge is 2.48. The molecule has 0 aliphatic carbocycles. The van der Waals surface area contributed by atoms with Gasteiger partial charge >= 0.3 is 6.09 Å². The lowest BCUT2D eigenvalue weighted by Gasteiger charge is -2.26. The highest BCUT2D eigenvalue weighted by molar-refractivity contribution is 7.92. The van der Waals surface area contributed by atoms with Gasteiger partial charge in [-0.25, -0.2) is 18.7 Å². The molecule has 0 radical (unpaired) electrons. The molecule has 1 saturated heterocycles. The summed E-state index contributed by atoms with van der Waals surface area (Å²) < 4.78 is 32.4. The average Bonchev–Trinajstić information content (AvgIpc) is 3.04. The summed E-state index contributed by atoms with van der Waals surface area (Å²) in [6.07, 6.45) is -0.270. The van der Waals surface area contributed by atoms with Crippen molar-refractivity contribution in [3.63, 3.8) is 0 Å². The lowest BCUT2D eigenvalue weighted by Crippen LogP contribution is -2.51. The van der Waals surface area contributed by atoms with Gasteiger partial charge in [-0.15, -0.1) is 0 Å². The van der Waals surface area contributed by atoms with E-state index in [1.165, 1.54) is 17.3 Å². The maximum absolute atomic E-state index is 12.3. The zero-order valence-corrected chi connectivity index (χ0v) is 17.3. The van der Waals surface area contributed by atoms with E-state index < -0.39 is 32.7 Å². The topological polar surface area (TPSA) is 122 Å². The van der Waals surface area contributed by atoms with Crippen LogP contribution in [-0.4, -0.2) is 63.0 Å². The molecule has 0 unspecified atom stereocenters. The number of sulfone groups is 1. The number of benzene rings is 1. The van der Waals surface area contributed by atoms with Crippen LogP contribution in [0.1, 0.15) is 25.3 Å². The summed E-state index contributed by atoms with van der Waals surface area (Å²) in [4.78, 5) is 25.6. The van der Waals surface area contributed by atoms with Crippen LogP contribution in [0.2, 0.25) is 0 Å². The van der Waals surface area contributed by atoms with Gasteiger partial charge in [-0.2, -0.15) is 0 Å². The fourth-order valence-electron chi connectivity index (χ4n) is 2.85. The molecule has 1 aromatic rings. The lowest BCUT2D eigenvalue weighted by atomic mass is 10.0. The molecule has 1 aliphatic heterocycles. The second kappa shape index (κ2) is 9.26. The van der Waals surface area contributed by atoms with Gasteiger partial charge in [0.15, 0.2) is 14.6 Å². The summed E-state index contributed by atoms with van der Waals surface area (Å²) in [5, 5.41) is 8.91. The maximum Gasteiger partial charge on any atom is 0.414 e. The molecule has 0 aromatic heterocycles.